The first-order valence-corrected chi connectivity index (χ1v) is 7.44. The molecule has 0 aliphatic heterocycles. The van der Waals surface area contributed by atoms with Gasteiger partial charge < -0.3 is 14.6 Å². The van der Waals surface area contributed by atoms with Crippen molar-refractivity contribution in [3.63, 3.8) is 0 Å². The summed E-state index contributed by atoms with van der Waals surface area (Å²) in [5.41, 5.74) is 1.21. The van der Waals surface area contributed by atoms with Crippen LogP contribution in [0.25, 0.3) is 6.08 Å². The number of ether oxygens (including phenoxy) is 2. The van der Waals surface area contributed by atoms with E-state index in [0.29, 0.717) is 28.7 Å². The van der Waals surface area contributed by atoms with Gasteiger partial charge in [0.25, 0.3) is 0 Å². The van der Waals surface area contributed by atoms with Gasteiger partial charge in [0.15, 0.2) is 17.3 Å². The normalized spacial score (nSPS) is 10.7. The minimum Gasteiger partial charge on any atom is -0.508 e. The van der Waals surface area contributed by atoms with Crippen molar-refractivity contribution in [3.05, 3.63) is 58.6 Å². The van der Waals surface area contributed by atoms with Crippen LogP contribution in [0.15, 0.2) is 42.5 Å². The SMILES string of the molecule is CCOc1c(Cl)cc(/C=C/C(=O)c2ccc(O)cc2)cc1OC. The Morgan fingerprint density at radius 3 is 2.57 bits per heavy atom. The molecule has 120 valence electrons. The first kappa shape index (κ1) is 16.9. The van der Waals surface area contributed by atoms with Gasteiger partial charge in [0, 0.05) is 5.56 Å². The fourth-order valence-corrected chi connectivity index (χ4v) is 2.29. The molecule has 2 aromatic rings. The topological polar surface area (TPSA) is 55.8 Å². The predicted octanol–water partition coefficient (Wildman–Crippen LogP) is 4.35. The molecule has 5 heteroatoms. The van der Waals surface area contributed by atoms with Crippen LogP contribution in [0.1, 0.15) is 22.8 Å². The van der Waals surface area contributed by atoms with Gasteiger partial charge in [0.2, 0.25) is 0 Å². The largest absolute Gasteiger partial charge is 0.508 e. The first-order valence-electron chi connectivity index (χ1n) is 7.07. The standard InChI is InChI=1S/C18H17ClO4/c1-3-23-18-15(19)10-12(11-17(18)22-2)4-9-16(21)13-5-7-14(20)8-6-13/h4-11,20H,3H2,1-2H3/b9-4+. The van der Waals surface area contributed by atoms with E-state index in [1.54, 1.807) is 30.3 Å². The maximum atomic E-state index is 12.1. The number of carbonyl (C=O) groups is 1. The van der Waals surface area contributed by atoms with E-state index in [1.165, 1.54) is 25.3 Å². The fourth-order valence-electron chi connectivity index (χ4n) is 2.01. The Morgan fingerprint density at radius 1 is 1.26 bits per heavy atom. The van der Waals surface area contributed by atoms with Crippen molar-refractivity contribution >= 4 is 23.5 Å². The number of carbonyl (C=O) groups excluding carboxylic acids is 1. The van der Waals surface area contributed by atoms with Crippen LogP contribution in [0.3, 0.4) is 0 Å². The summed E-state index contributed by atoms with van der Waals surface area (Å²) >= 11 is 6.19. The number of hydrogen-bond donors (Lipinski definition) is 1. The van der Waals surface area contributed by atoms with Gasteiger partial charge >= 0.3 is 0 Å². The molecule has 0 unspecified atom stereocenters. The molecule has 0 aliphatic carbocycles. The minimum absolute atomic E-state index is 0.119. The van der Waals surface area contributed by atoms with Crippen LogP contribution >= 0.6 is 11.6 Å². The van der Waals surface area contributed by atoms with Gasteiger partial charge in [-0.25, -0.2) is 0 Å². The van der Waals surface area contributed by atoms with Gasteiger partial charge in [-0.1, -0.05) is 17.7 Å². The number of rotatable bonds is 6. The molecule has 0 saturated carbocycles. The number of halogens is 1. The van der Waals surface area contributed by atoms with Crippen LogP contribution in [0.5, 0.6) is 17.2 Å². The summed E-state index contributed by atoms with van der Waals surface area (Å²) in [4.78, 5) is 12.1. The summed E-state index contributed by atoms with van der Waals surface area (Å²) in [5.74, 6) is 0.942. The zero-order valence-corrected chi connectivity index (χ0v) is 13.6. The van der Waals surface area contributed by atoms with E-state index in [1.807, 2.05) is 6.92 Å². The summed E-state index contributed by atoms with van der Waals surface area (Å²) in [5, 5.41) is 9.65. The summed E-state index contributed by atoms with van der Waals surface area (Å²) in [6.07, 6.45) is 3.09. The van der Waals surface area contributed by atoms with Crippen molar-refractivity contribution in [1.82, 2.24) is 0 Å². The van der Waals surface area contributed by atoms with Crippen LogP contribution < -0.4 is 9.47 Å². The molecule has 4 nitrogen and oxygen atoms in total. The Kier molecular flexibility index (Phi) is 5.66. The lowest BCUT2D eigenvalue weighted by molar-refractivity contribution is 0.104. The van der Waals surface area contributed by atoms with Gasteiger partial charge in [0.1, 0.15) is 5.75 Å². The Labute approximate surface area is 139 Å². The van der Waals surface area contributed by atoms with Gasteiger partial charge in [-0.15, -0.1) is 0 Å². The second-order valence-corrected chi connectivity index (χ2v) is 5.12. The molecule has 0 amide bonds. The van der Waals surface area contributed by atoms with Crippen molar-refractivity contribution in [3.8, 4) is 17.2 Å². The number of methoxy groups -OCH3 is 1. The van der Waals surface area contributed by atoms with Crippen molar-refractivity contribution in [1.29, 1.82) is 0 Å². The van der Waals surface area contributed by atoms with Crippen molar-refractivity contribution in [2.24, 2.45) is 0 Å². The molecule has 23 heavy (non-hydrogen) atoms. The third kappa shape index (κ3) is 4.27. The zero-order chi connectivity index (χ0) is 16.8. The average Bonchev–Trinajstić information content (AvgIpc) is 2.55. The van der Waals surface area contributed by atoms with Gasteiger partial charge in [-0.05, 0) is 55.0 Å². The second kappa shape index (κ2) is 7.70. The molecule has 0 fully saturated rings. The number of hydrogen-bond acceptors (Lipinski definition) is 4. The van der Waals surface area contributed by atoms with E-state index in [-0.39, 0.29) is 11.5 Å². The highest BCUT2D eigenvalue weighted by Crippen LogP contribution is 2.36. The van der Waals surface area contributed by atoms with Gasteiger partial charge in [-0.3, -0.25) is 4.79 Å². The monoisotopic (exact) mass is 332 g/mol. The Morgan fingerprint density at radius 2 is 1.96 bits per heavy atom. The number of benzene rings is 2. The summed E-state index contributed by atoms with van der Waals surface area (Å²) < 4.78 is 10.7. The van der Waals surface area contributed by atoms with Crippen molar-refractivity contribution < 1.29 is 19.4 Å². The number of aromatic hydroxyl groups is 1. The molecule has 0 heterocycles. The predicted molar refractivity (Wildman–Crippen MR) is 90.6 cm³/mol. The van der Waals surface area contributed by atoms with Crippen LogP contribution in [0, 0.1) is 0 Å². The molecule has 0 bridgehead atoms. The highest BCUT2D eigenvalue weighted by atomic mass is 35.5. The molecular formula is C18H17ClO4. The Bertz CT molecular complexity index is 721. The molecule has 0 atom stereocenters. The fraction of sp³-hybridized carbons (Fsp3) is 0.167. The van der Waals surface area contributed by atoms with E-state index in [0.717, 1.165) is 5.56 Å². The summed E-state index contributed by atoms with van der Waals surface area (Å²) in [6.45, 7) is 2.34. The lowest BCUT2D eigenvalue weighted by Crippen LogP contribution is -1.97. The molecule has 2 aromatic carbocycles. The van der Waals surface area contributed by atoms with Gasteiger partial charge in [0.05, 0.1) is 18.7 Å². The molecular weight excluding hydrogens is 316 g/mol. The van der Waals surface area contributed by atoms with E-state index >= 15 is 0 Å². The van der Waals surface area contributed by atoms with Crippen LogP contribution in [-0.2, 0) is 0 Å². The maximum absolute atomic E-state index is 12.1. The van der Waals surface area contributed by atoms with Crippen LogP contribution in [0.2, 0.25) is 5.02 Å². The number of ketones is 1. The molecule has 2 rings (SSSR count). The number of phenolic OH excluding ortho intramolecular Hbond substituents is 1. The lowest BCUT2D eigenvalue weighted by atomic mass is 10.1. The molecule has 0 spiro atoms. The van der Waals surface area contributed by atoms with E-state index in [4.69, 9.17) is 21.1 Å². The minimum atomic E-state index is -0.172. The summed E-state index contributed by atoms with van der Waals surface area (Å²) in [6, 6.07) is 9.52. The molecule has 0 saturated heterocycles. The Hall–Kier alpha value is -2.46. The third-order valence-corrected chi connectivity index (χ3v) is 3.40. The maximum Gasteiger partial charge on any atom is 0.185 e. The lowest BCUT2D eigenvalue weighted by Gasteiger charge is -2.11. The molecule has 0 aliphatic rings. The third-order valence-electron chi connectivity index (χ3n) is 3.12. The average molecular weight is 333 g/mol. The van der Waals surface area contributed by atoms with E-state index in [2.05, 4.69) is 0 Å². The molecule has 0 aromatic heterocycles. The smallest absolute Gasteiger partial charge is 0.185 e. The quantitative estimate of drug-likeness (QED) is 0.631. The van der Waals surface area contributed by atoms with Crippen molar-refractivity contribution in [2.75, 3.05) is 13.7 Å². The van der Waals surface area contributed by atoms with Crippen LogP contribution in [-0.4, -0.2) is 24.6 Å². The van der Waals surface area contributed by atoms with Crippen LogP contribution in [0.4, 0.5) is 0 Å². The van der Waals surface area contributed by atoms with E-state index in [9.17, 15) is 9.90 Å². The highest BCUT2D eigenvalue weighted by Gasteiger charge is 2.11. The van der Waals surface area contributed by atoms with Crippen molar-refractivity contribution in [2.45, 2.75) is 6.92 Å². The highest BCUT2D eigenvalue weighted by molar-refractivity contribution is 6.32. The molecule has 1 N–H and O–H groups in total. The first-order chi connectivity index (χ1) is 11.0. The molecule has 0 radical (unpaired) electrons. The Balaban J connectivity index is 2.23. The summed E-state index contributed by atoms with van der Waals surface area (Å²) in [7, 11) is 1.53. The number of phenols is 1. The van der Waals surface area contributed by atoms with Gasteiger partial charge in [-0.2, -0.15) is 0 Å². The second-order valence-electron chi connectivity index (χ2n) is 4.71. The number of allylic oxidation sites excluding steroid dienone is 1. The zero-order valence-electron chi connectivity index (χ0n) is 12.9. The van der Waals surface area contributed by atoms with E-state index < -0.39 is 0 Å².